The van der Waals surface area contributed by atoms with Crippen LogP contribution >= 0.6 is 0 Å². The van der Waals surface area contributed by atoms with Gasteiger partial charge in [-0.1, -0.05) is 31.9 Å². The first kappa shape index (κ1) is 23.3. The molecule has 0 aliphatic rings. The van der Waals surface area contributed by atoms with Gasteiger partial charge in [-0.25, -0.2) is 0 Å². The zero-order chi connectivity index (χ0) is 21.8. The van der Waals surface area contributed by atoms with Crippen LogP contribution in [0.1, 0.15) is 42.9 Å². The van der Waals surface area contributed by atoms with Crippen LogP contribution in [0.15, 0.2) is 42.5 Å². The van der Waals surface area contributed by atoms with Crippen LogP contribution in [0, 0.1) is 13.8 Å². The summed E-state index contributed by atoms with van der Waals surface area (Å²) < 4.78 is 16.9. The van der Waals surface area contributed by atoms with Gasteiger partial charge in [0.2, 0.25) is 5.91 Å². The minimum Gasteiger partial charge on any atom is -0.493 e. The van der Waals surface area contributed by atoms with Gasteiger partial charge in [0.15, 0.2) is 11.5 Å². The highest BCUT2D eigenvalue weighted by atomic mass is 16.5. The molecule has 0 aliphatic heterocycles. The molecule has 162 valence electrons. The maximum atomic E-state index is 12.1. The molecule has 0 atom stereocenters. The Bertz CT molecular complexity index is 825. The number of aryl methyl sites for hydroxylation is 2. The molecule has 0 fully saturated rings. The molecule has 0 radical (unpaired) electrons. The van der Waals surface area contributed by atoms with Crippen LogP contribution in [0.5, 0.6) is 17.2 Å². The number of ether oxygens (including phenoxy) is 3. The molecule has 0 aromatic heterocycles. The highest BCUT2D eigenvalue weighted by molar-refractivity contribution is 5.91. The second-order valence-electron chi connectivity index (χ2n) is 7.26. The van der Waals surface area contributed by atoms with E-state index in [9.17, 15) is 4.79 Å². The molecule has 30 heavy (non-hydrogen) atoms. The molecule has 0 aliphatic carbocycles. The van der Waals surface area contributed by atoms with Crippen LogP contribution in [0.2, 0.25) is 0 Å². The number of hydrogen-bond donors (Lipinski definition) is 1. The number of hydrogen-bond acceptors (Lipinski definition) is 4. The fourth-order valence-electron chi connectivity index (χ4n) is 3.03. The zero-order valence-electron chi connectivity index (χ0n) is 18.5. The monoisotopic (exact) mass is 411 g/mol. The molecule has 0 heterocycles. The lowest BCUT2D eigenvalue weighted by molar-refractivity contribution is -0.116. The minimum absolute atomic E-state index is 0.169. The van der Waals surface area contributed by atoms with Gasteiger partial charge in [0.1, 0.15) is 12.4 Å². The van der Waals surface area contributed by atoms with E-state index in [4.69, 9.17) is 14.2 Å². The lowest BCUT2D eigenvalue weighted by Crippen LogP contribution is -2.26. The Kier molecular flexibility index (Phi) is 9.78. The Morgan fingerprint density at radius 3 is 2.43 bits per heavy atom. The molecule has 1 amide bonds. The summed E-state index contributed by atoms with van der Waals surface area (Å²) in [6, 6.07) is 11.7. The van der Waals surface area contributed by atoms with Crippen LogP contribution in [0.25, 0.3) is 6.08 Å². The molecular weight excluding hydrogens is 378 g/mol. The highest BCUT2D eigenvalue weighted by Gasteiger charge is 2.05. The molecule has 5 nitrogen and oxygen atoms in total. The fraction of sp³-hybridized carbons (Fsp3) is 0.400. The average molecular weight is 412 g/mol. The van der Waals surface area contributed by atoms with Gasteiger partial charge in [0.05, 0.1) is 20.3 Å². The summed E-state index contributed by atoms with van der Waals surface area (Å²) in [5.74, 6) is 2.04. The van der Waals surface area contributed by atoms with Gasteiger partial charge in [-0.05, 0) is 67.3 Å². The predicted octanol–water partition coefficient (Wildman–Crippen LogP) is 5.09. The summed E-state index contributed by atoms with van der Waals surface area (Å²) in [6.45, 7) is 7.76. The largest absolute Gasteiger partial charge is 0.493 e. The first-order valence-corrected chi connectivity index (χ1v) is 10.5. The van der Waals surface area contributed by atoms with E-state index in [-0.39, 0.29) is 5.91 Å². The molecule has 0 saturated carbocycles. The predicted molar refractivity (Wildman–Crippen MR) is 121 cm³/mol. The first-order valence-electron chi connectivity index (χ1n) is 10.5. The quantitative estimate of drug-likeness (QED) is 0.390. The summed E-state index contributed by atoms with van der Waals surface area (Å²) in [4.78, 5) is 12.1. The number of methoxy groups -OCH3 is 1. The fourth-order valence-corrected chi connectivity index (χ4v) is 3.03. The van der Waals surface area contributed by atoms with Crippen molar-refractivity contribution in [1.82, 2.24) is 5.32 Å². The lowest BCUT2D eigenvalue weighted by atomic mass is 10.1. The van der Waals surface area contributed by atoms with Gasteiger partial charge < -0.3 is 19.5 Å². The van der Waals surface area contributed by atoms with E-state index in [1.807, 2.05) is 44.2 Å². The number of carbonyl (C=O) groups is 1. The smallest absolute Gasteiger partial charge is 0.244 e. The van der Waals surface area contributed by atoms with E-state index in [0.29, 0.717) is 25.5 Å². The van der Waals surface area contributed by atoms with Crippen LogP contribution in [-0.4, -0.2) is 32.8 Å². The van der Waals surface area contributed by atoms with Gasteiger partial charge in [-0.15, -0.1) is 0 Å². The van der Waals surface area contributed by atoms with Crippen molar-refractivity contribution < 1.29 is 19.0 Å². The highest BCUT2D eigenvalue weighted by Crippen LogP contribution is 2.28. The third kappa shape index (κ3) is 8.19. The van der Waals surface area contributed by atoms with Crippen LogP contribution in [0.4, 0.5) is 0 Å². The van der Waals surface area contributed by atoms with Crippen LogP contribution in [-0.2, 0) is 4.79 Å². The summed E-state index contributed by atoms with van der Waals surface area (Å²) in [7, 11) is 1.62. The number of rotatable bonds is 12. The maximum Gasteiger partial charge on any atom is 0.244 e. The van der Waals surface area contributed by atoms with Gasteiger partial charge >= 0.3 is 0 Å². The summed E-state index contributed by atoms with van der Waals surface area (Å²) in [6.07, 6.45) is 6.59. The van der Waals surface area contributed by atoms with E-state index in [1.165, 1.54) is 6.08 Å². The molecule has 1 N–H and O–H groups in total. The van der Waals surface area contributed by atoms with Crippen molar-refractivity contribution >= 4 is 12.0 Å². The topological polar surface area (TPSA) is 56.8 Å². The molecule has 0 unspecified atom stereocenters. The Hall–Kier alpha value is -2.95. The molecule has 0 bridgehead atoms. The standard InChI is InChI=1S/C25H33NO4/c1-5-6-7-13-30-23-10-8-21(18-24(23)28-4)9-11-25(27)26-12-14-29-22-16-19(2)15-20(3)17-22/h8-11,15-18H,5-7,12-14H2,1-4H3,(H,26,27)/b11-9+. The molecule has 2 rings (SSSR count). The lowest BCUT2D eigenvalue weighted by Gasteiger charge is -2.11. The summed E-state index contributed by atoms with van der Waals surface area (Å²) in [5.41, 5.74) is 3.18. The number of carbonyl (C=O) groups excluding carboxylic acids is 1. The third-order valence-electron chi connectivity index (χ3n) is 4.49. The van der Waals surface area contributed by atoms with Crippen molar-refractivity contribution in [3.05, 3.63) is 59.2 Å². The van der Waals surface area contributed by atoms with Crippen molar-refractivity contribution in [2.24, 2.45) is 0 Å². The number of amides is 1. The van der Waals surface area contributed by atoms with E-state index >= 15 is 0 Å². The van der Waals surface area contributed by atoms with E-state index in [2.05, 4.69) is 18.3 Å². The maximum absolute atomic E-state index is 12.1. The average Bonchev–Trinajstić information content (AvgIpc) is 2.72. The Morgan fingerprint density at radius 1 is 0.967 bits per heavy atom. The second-order valence-corrected chi connectivity index (χ2v) is 7.26. The van der Waals surface area contributed by atoms with E-state index < -0.39 is 0 Å². The molecule has 5 heteroatoms. The Morgan fingerprint density at radius 2 is 1.73 bits per heavy atom. The van der Waals surface area contributed by atoms with Crippen molar-refractivity contribution in [2.75, 3.05) is 26.9 Å². The van der Waals surface area contributed by atoms with Crippen molar-refractivity contribution in [3.8, 4) is 17.2 Å². The molecular formula is C25H33NO4. The first-order chi connectivity index (χ1) is 14.5. The van der Waals surface area contributed by atoms with Gasteiger partial charge in [0.25, 0.3) is 0 Å². The van der Waals surface area contributed by atoms with E-state index in [0.717, 1.165) is 47.5 Å². The number of unbranched alkanes of at least 4 members (excludes halogenated alkanes) is 2. The minimum atomic E-state index is -0.169. The van der Waals surface area contributed by atoms with E-state index in [1.54, 1.807) is 13.2 Å². The number of benzene rings is 2. The summed E-state index contributed by atoms with van der Waals surface area (Å²) >= 11 is 0. The van der Waals surface area contributed by atoms with Crippen LogP contribution < -0.4 is 19.5 Å². The van der Waals surface area contributed by atoms with Crippen molar-refractivity contribution in [3.63, 3.8) is 0 Å². The molecule has 2 aromatic carbocycles. The SMILES string of the molecule is CCCCCOc1ccc(/C=C/C(=O)NCCOc2cc(C)cc(C)c2)cc1OC. The summed E-state index contributed by atoms with van der Waals surface area (Å²) in [5, 5.41) is 2.83. The van der Waals surface area contributed by atoms with Crippen LogP contribution in [0.3, 0.4) is 0 Å². The zero-order valence-corrected chi connectivity index (χ0v) is 18.5. The second kappa shape index (κ2) is 12.6. The normalized spacial score (nSPS) is 10.8. The molecule has 2 aromatic rings. The van der Waals surface area contributed by atoms with Gasteiger partial charge in [0, 0.05) is 6.08 Å². The third-order valence-corrected chi connectivity index (χ3v) is 4.49. The van der Waals surface area contributed by atoms with Crippen molar-refractivity contribution in [1.29, 1.82) is 0 Å². The van der Waals surface area contributed by atoms with Crippen molar-refractivity contribution in [2.45, 2.75) is 40.0 Å². The Balaban J connectivity index is 1.79. The molecule has 0 spiro atoms. The van der Waals surface area contributed by atoms with Gasteiger partial charge in [-0.2, -0.15) is 0 Å². The number of nitrogens with one attached hydrogen (secondary N) is 1. The van der Waals surface area contributed by atoms with Gasteiger partial charge in [-0.3, -0.25) is 4.79 Å². The Labute approximate surface area is 180 Å². The molecule has 0 saturated heterocycles.